The Morgan fingerprint density at radius 2 is 2.00 bits per heavy atom. The van der Waals surface area contributed by atoms with E-state index in [1.807, 2.05) is 18.2 Å². The van der Waals surface area contributed by atoms with Crippen LogP contribution in [-0.2, 0) is 16.1 Å². The molecule has 0 aliphatic carbocycles. The molecule has 0 saturated heterocycles. The van der Waals surface area contributed by atoms with E-state index >= 15 is 0 Å². The Morgan fingerprint density at radius 1 is 1.15 bits per heavy atom. The van der Waals surface area contributed by atoms with E-state index in [0.717, 1.165) is 35.3 Å². The number of hydrazone groups is 1. The zero-order valence-electron chi connectivity index (χ0n) is 18.9. The van der Waals surface area contributed by atoms with Crippen molar-refractivity contribution in [3.8, 4) is 11.4 Å². The summed E-state index contributed by atoms with van der Waals surface area (Å²) in [5, 5.41) is 11.7. The molecule has 178 valence electrons. The highest BCUT2D eigenvalue weighted by Gasteiger charge is 2.13. The van der Waals surface area contributed by atoms with Crippen LogP contribution in [0.5, 0.6) is 0 Å². The number of ether oxygens (including phenoxy) is 2. The molecule has 1 amide bonds. The number of nitrogens with one attached hydrogen (secondary N) is 3. The maximum atomic E-state index is 12.7. The molecule has 0 saturated carbocycles. The zero-order chi connectivity index (χ0) is 23.8. The first-order chi connectivity index (χ1) is 16.6. The van der Waals surface area contributed by atoms with Crippen molar-refractivity contribution in [1.82, 2.24) is 26.0 Å². The predicted molar refractivity (Wildman–Crippen MR) is 132 cm³/mol. The maximum absolute atomic E-state index is 12.7. The number of nitrogens with zero attached hydrogens (tertiary/aromatic N) is 3. The summed E-state index contributed by atoms with van der Waals surface area (Å²) in [5.41, 5.74) is 5.65. The quantitative estimate of drug-likeness (QED) is 0.360. The summed E-state index contributed by atoms with van der Waals surface area (Å²) < 4.78 is 10.8. The number of hydrogen-bond donors (Lipinski definition) is 3. The molecule has 0 spiro atoms. The lowest BCUT2D eigenvalue weighted by Crippen LogP contribution is -2.26. The molecule has 0 unspecified atom stereocenters. The molecule has 3 N–H and O–H groups in total. The number of amidine groups is 1. The number of amides is 1. The lowest BCUT2D eigenvalue weighted by Gasteiger charge is -2.11. The van der Waals surface area contributed by atoms with E-state index in [0.29, 0.717) is 55.0 Å². The van der Waals surface area contributed by atoms with Gasteiger partial charge in [0.1, 0.15) is 12.5 Å². The van der Waals surface area contributed by atoms with E-state index in [1.165, 1.54) is 0 Å². The van der Waals surface area contributed by atoms with Crippen molar-refractivity contribution < 1.29 is 14.3 Å². The first-order valence-corrected chi connectivity index (χ1v) is 11.5. The summed E-state index contributed by atoms with van der Waals surface area (Å²) in [6.07, 6.45) is 1.56. The Hall–Kier alpha value is -3.27. The molecule has 4 rings (SSSR count). The van der Waals surface area contributed by atoms with Crippen molar-refractivity contribution >= 4 is 34.2 Å². The van der Waals surface area contributed by atoms with Gasteiger partial charge in [0.2, 0.25) is 0 Å². The van der Waals surface area contributed by atoms with Gasteiger partial charge in [-0.05, 0) is 42.8 Å². The van der Waals surface area contributed by atoms with Gasteiger partial charge in [-0.2, -0.15) is 5.10 Å². The molecule has 1 aliphatic heterocycles. The molecule has 2 aromatic carbocycles. The lowest BCUT2D eigenvalue weighted by atomic mass is 10.1. The number of methoxy groups -OCH3 is 1. The molecule has 1 aromatic heterocycles. The molecule has 9 nitrogen and oxygen atoms in total. The first-order valence-electron chi connectivity index (χ1n) is 11.1. The fourth-order valence-corrected chi connectivity index (χ4v) is 3.63. The average molecular weight is 483 g/mol. The van der Waals surface area contributed by atoms with E-state index in [9.17, 15) is 4.79 Å². The summed E-state index contributed by atoms with van der Waals surface area (Å²) in [6.45, 7) is 2.46. The van der Waals surface area contributed by atoms with Crippen LogP contribution in [0.3, 0.4) is 0 Å². The van der Waals surface area contributed by atoms with E-state index in [2.05, 4.69) is 21.2 Å². The van der Waals surface area contributed by atoms with Gasteiger partial charge >= 0.3 is 0 Å². The Balaban J connectivity index is 1.53. The van der Waals surface area contributed by atoms with Gasteiger partial charge in [-0.15, -0.1) is 0 Å². The Labute approximate surface area is 202 Å². The van der Waals surface area contributed by atoms with Gasteiger partial charge in [0, 0.05) is 41.6 Å². The number of carbonyl (C=O) groups excluding carboxylic acids is 1. The van der Waals surface area contributed by atoms with Crippen molar-refractivity contribution in [2.24, 2.45) is 5.10 Å². The maximum Gasteiger partial charge on any atom is 0.251 e. The van der Waals surface area contributed by atoms with E-state index in [1.54, 1.807) is 31.4 Å². The Morgan fingerprint density at radius 3 is 2.76 bits per heavy atom. The monoisotopic (exact) mass is 482 g/mol. The minimum Gasteiger partial charge on any atom is -0.382 e. The number of hydrogen-bond acceptors (Lipinski definition) is 8. The third-order valence-electron chi connectivity index (χ3n) is 5.27. The van der Waals surface area contributed by atoms with Crippen LogP contribution in [0.1, 0.15) is 28.9 Å². The van der Waals surface area contributed by atoms with Gasteiger partial charge in [0.05, 0.1) is 31.0 Å². The lowest BCUT2D eigenvalue weighted by molar-refractivity contribution is 0.0607. The van der Waals surface area contributed by atoms with Crippen LogP contribution in [0, 0.1) is 0 Å². The SMILES string of the molecule is COCCOCc1nc(-c2ccc(Cl)cc2)nc2cc(C(=O)NCCCC3=NNCN3)ccc12. The third kappa shape index (κ3) is 6.19. The van der Waals surface area contributed by atoms with Crippen molar-refractivity contribution in [3.05, 3.63) is 58.7 Å². The summed E-state index contributed by atoms with van der Waals surface area (Å²) >= 11 is 6.04. The summed E-state index contributed by atoms with van der Waals surface area (Å²) in [4.78, 5) is 22.2. The van der Waals surface area contributed by atoms with Crippen LogP contribution in [0.15, 0.2) is 47.6 Å². The largest absolute Gasteiger partial charge is 0.382 e. The Bertz CT molecular complexity index is 1170. The van der Waals surface area contributed by atoms with Gasteiger partial charge in [0.15, 0.2) is 5.82 Å². The topological polar surface area (TPSA) is 110 Å². The number of benzene rings is 2. The molecule has 0 atom stereocenters. The molecule has 1 aliphatic rings. The average Bonchev–Trinajstić information content (AvgIpc) is 3.38. The number of fused-ring (bicyclic) bond motifs is 1. The number of aromatic nitrogens is 2. The highest BCUT2D eigenvalue weighted by Crippen LogP contribution is 2.24. The van der Waals surface area contributed by atoms with Crippen LogP contribution >= 0.6 is 11.6 Å². The van der Waals surface area contributed by atoms with Crippen molar-refractivity contribution in [2.45, 2.75) is 19.4 Å². The van der Waals surface area contributed by atoms with E-state index < -0.39 is 0 Å². The van der Waals surface area contributed by atoms with Gasteiger partial charge in [-0.1, -0.05) is 17.7 Å². The second-order valence-corrected chi connectivity index (χ2v) is 8.14. The van der Waals surface area contributed by atoms with Crippen LogP contribution in [0.25, 0.3) is 22.3 Å². The highest BCUT2D eigenvalue weighted by atomic mass is 35.5. The van der Waals surface area contributed by atoms with Crippen LogP contribution in [-0.4, -0.2) is 55.2 Å². The second kappa shape index (κ2) is 11.7. The van der Waals surface area contributed by atoms with Gasteiger partial charge < -0.3 is 20.1 Å². The number of halogens is 1. The van der Waals surface area contributed by atoms with Crippen LogP contribution < -0.4 is 16.1 Å². The smallest absolute Gasteiger partial charge is 0.251 e. The van der Waals surface area contributed by atoms with E-state index in [-0.39, 0.29) is 5.91 Å². The number of carbonyl (C=O) groups is 1. The van der Waals surface area contributed by atoms with Crippen molar-refractivity contribution in [3.63, 3.8) is 0 Å². The highest BCUT2D eigenvalue weighted by molar-refractivity contribution is 6.30. The third-order valence-corrected chi connectivity index (χ3v) is 5.52. The van der Waals surface area contributed by atoms with Gasteiger partial charge in [-0.3, -0.25) is 10.2 Å². The first kappa shape index (κ1) is 23.9. The zero-order valence-corrected chi connectivity index (χ0v) is 19.7. The molecule has 0 bridgehead atoms. The molecule has 0 radical (unpaired) electrons. The second-order valence-electron chi connectivity index (χ2n) is 7.71. The standard InChI is InChI=1S/C24H27ClN6O3/c1-33-11-12-34-14-21-19-9-6-17(24(32)26-10-2-3-22-27-15-28-31-22)13-20(19)29-23(30-21)16-4-7-18(25)8-5-16/h4-9,13,28H,2-3,10-12,14-15H2,1H3,(H,26,32)(H,27,31). The Kier molecular flexibility index (Phi) is 8.24. The molecule has 0 fully saturated rings. The molecular weight excluding hydrogens is 456 g/mol. The van der Waals surface area contributed by atoms with E-state index in [4.69, 9.17) is 31.0 Å². The summed E-state index contributed by atoms with van der Waals surface area (Å²) in [7, 11) is 1.63. The van der Waals surface area contributed by atoms with Crippen LogP contribution in [0.4, 0.5) is 0 Å². The minimum atomic E-state index is -0.147. The minimum absolute atomic E-state index is 0.147. The fourth-order valence-electron chi connectivity index (χ4n) is 3.51. The van der Waals surface area contributed by atoms with Crippen molar-refractivity contribution in [2.75, 3.05) is 33.5 Å². The normalized spacial score (nSPS) is 12.8. The predicted octanol–water partition coefficient (Wildman–Crippen LogP) is 3.09. The summed E-state index contributed by atoms with van der Waals surface area (Å²) in [6, 6.07) is 12.8. The van der Waals surface area contributed by atoms with Crippen molar-refractivity contribution in [1.29, 1.82) is 0 Å². The fraction of sp³-hybridized carbons (Fsp3) is 0.333. The van der Waals surface area contributed by atoms with Crippen LogP contribution in [0.2, 0.25) is 5.02 Å². The molecular formula is C24H27ClN6O3. The molecule has 2 heterocycles. The molecule has 10 heteroatoms. The molecule has 3 aromatic rings. The summed E-state index contributed by atoms with van der Waals surface area (Å²) in [5.74, 6) is 1.31. The molecule has 34 heavy (non-hydrogen) atoms. The van der Waals surface area contributed by atoms with Gasteiger partial charge in [0.25, 0.3) is 5.91 Å². The van der Waals surface area contributed by atoms with Gasteiger partial charge in [-0.25, -0.2) is 9.97 Å². The number of rotatable bonds is 11.